The molecule has 22 heavy (non-hydrogen) atoms. The van der Waals surface area contributed by atoms with Crippen LogP contribution < -0.4 is 0 Å². The Kier molecular flexibility index (Phi) is 6.96. The molecule has 5 nitrogen and oxygen atoms in total. The zero-order valence-electron chi connectivity index (χ0n) is 13.3. The summed E-state index contributed by atoms with van der Waals surface area (Å²) in [6, 6.07) is 5.90. The van der Waals surface area contributed by atoms with Crippen LogP contribution in [0.3, 0.4) is 0 Å². The van der Waals surface area contributed by atoms with Gasteiger partial charge in [0.25, 0.3) is 0 Å². The van der Waals surface area contributed by atoms with Crippen LogP contribution >= 0.6 is 0 Å². The predicted octanol–water partition coefficient (Wildman–Crippen LogP) is 1.50. The largest absolute Gasteiger partial charge is 0.342 e. The van der Waals surface area contributed by atoms with E-state index in [9.17, 15) is 17.6 Å². The smallest absolute Gasteiger partial charge is 0.237 e. The first kappa shape index (κ1) is 18.6. The van der Waals surface area contributed by atoms with Crippen molar-refractivity contribution in [1.29, 1.82) is 0 Å². The van der Waals surface area contributed by atoms with Crippen molar-refractivity contribution in [3.63, 3.8) is 0 Å². The van der Waals surface area contributed by atoms with Crippen LogP contribution in [-0.2, 0) is 21.2 Å². The van der Waals surface area contributed by atoms with Crippen LogP contribution in [0.5, 0.6) is 0 Å². The van der Waals surface area contributed by atoms with E-state index >= 15 is 0 Å². The van der Waals surface area contributed by atoms with Crippen molar-refractivity contribution in [3.8, 4) is 0 Å². The number of carbonyl (C=O) groups is 1. The third-order valence-corrected chi connectivity index (χ3v) is 4.71. The number of nitrogens with zero attached hydrogens (tertiary/aromatic N) is 2. The highest BCUT2D eigenvalue weighted by molar-refractivity contribution is 7.88. The van der Waals surface area contributed by atoms with Crippen molar-refractivity contribution in [3.05, 3.63) is 35.6 Å². The quantitative estimate of drug-likeness (QED) is 0.726. The highest BCUT2D eigenvalue weighted by Gasteiger charge is 2.22. The number of sulfonamides is 1. The first-order chi connectivity index (χ1) is 10.3. The summed E-state index contributed by atoms with van der Waals surface area (Å²) in [6.45, 7) is 4.82. The molecule has 0 spiro atoms. The van der Waals surface area contributed by atoms with Gasteiger partial charge in [-0.2, -0.15) is 4.31 Å². The van der Waals surface area contributed by atoms with Crippen LogP contribution in [0.4, 0.5) is 4.39 Å². The zero-order chi connectivity index (χ0) is 16.8. The lowest BCUT2D eigenvalue weighted by Gasteiger charge is -2.24. The Morgan fingerprint density at radius 3 is 2.14 bits per heavy atom. The zero-order valence-corrected chi connectivity index (χ0v) is 14.1. The van der Waals surface area contributed by atoms with Gasteiger partial charge >= 0.3 is 0 Å². The summed E-state index contributed by atoms with van der Waals surface area (Å²) in [5, 5.41) is 0. The molecule has 0 saturated heterocycles. The molecule has 0 aliphatic carbocycles. The van der Waals surface area contributed by atoms with E-state index in [1.54, 1.807) is 17.0 Å². The van der Waals surface area contributed by atoms with Gasteiger partial charge in [0.2, 0.25) is 15.9 Å². The molecule has 0 heterocycles. The van der Waals surface area contributed by atoms with Gasteiger partial charge in [-0.1, -0.05) is 12.1 Å². The molecule has 7 heteroatoms. The summed E-state index contributed by atoms with van der Waals surface area (Å²) in [6.07, 6.45) is 1.52. The second kappa shape index (κ2) is 8.24. The van der Waals surface area contributed by atoms with Crippen molar-refractivity contribution in [2.45, 2.75) is 20.3 Å². The van der Waals surface area contributed by atoms with Gasteiger partial charge in [0.05, 0.1) is 12.8 Å². The van der Waals surface area contributed by atoms with E-state index in [0.717, 1.165) is 16.1 Å². The van der Waals surface area contributed by atoms with Crippen molar-refractivity contribution in [2.75, 3.05) is 32.4 Å². The topological polar surface area (TPSA) is 57.7 Å². The first-order valence-corrected chi connectivity index (χ1v) is 9.10. The van der Waals surface area contributed by atoms with Crippen LogP contribution in [0.25, 0.3) is 0 Å². The Morgan fingerprint density at radius 1 is 1.14 bits per heavy atom. The monoisotopic (exact) mass is 330 g/mol. The van der Waals surface area contributed by atoms with Crippen LogP contribution in [0.1, 0.15) is 19.4 Å². The van der Waals surface area contributed by atoms with Crippen LogP contribution in [0, 0.1) is 5.82 Å². The van der Waals surface area contributed by atoms with E-state index in [2.05, 4.69) is 0 Å². The van der Waals surface area contributed by atoms with E-state index in [1.807, 2.05) is 13.8 Å². The number of benzene rings is 1. The fraction of sp³-hybridized carbons (Fsp3) is 0.533. The van der Waals surface area contributed by atoms with Crippen molar-refractivity contribution in [1.82, 2.24) is 9.21 Å². The van der Waals surface area contributed by atoms with Crippen molar-refractivity contribution >= 4 is 15.9 Å². The molecular formula is C15H23FN2O3S. The van der Waals surface area contributed by atoms with Gasteiger partial charge < -0.3 is 4.90 Å². The highest BCUT2D eigenvalue weighted by atomic mass is 32.2. The molecule has 0 bridgehead atoms. The molecule has 0 atom stereocenters. The third-order valence-electron chi connectivity index (χ3n) is 3.46. The lowest BCUT2D eigenvalue weighted by molar-refractivity contribution is -0.131. The number of amides is 1. The third kappa shape index (κ3) is 5.73. The van der Waals surface area contributed by atoms with Gasteiger partial charge in [-0.3, -0.25) is 4.79 Å². The summed E-state index contributed by atoms with van der Waals surface area (Å²) in [7, 11) is -3.48. The van der Waals surface area contributed by atoms with Gasteiger partial charge in [0.15, 0.2) is 0 Å². The molecule has 1 aromatic rings. The summed E-state index contributed by atoms with van der Waals surface area (Å²) in [5.41, 5.74) is 0.824. The molecule has 0 aliphatic heterocycles. The molecule has 1 amide bonds. The Morgan fingerprint density at radius 2 is 1.68 bits per heavy atom. The number of carbonyl (C=O) groups excluding carboxylic acids is 1. The summed E-state index contributed by atoms with van der Waals surface area (Å²) in [4.78, 5) is 13.7. The maximum Gasteiger partial charge on any atom is 0.237 e. The standard InChI is InChI=1S/C15H23FN2O3S/c1-4-17(5-2)15(19)12-18(22(3,20)21)11-10-13-6-8-14(16)9-7-13/h6-9H,4-5,10-12H2,1-3H3. The Balaban J connectivity index is 2.73. The second-order valence-corrected chi connectivity index (χ2v) is 7.02. The SMILES string of the molecule is CCN(CC)C(=O)CN(CCc1ccc(F)cc1)S(C)(=O)=O. The van der Waals surface area contributed by atoms with E-state index < -0.39 is 10.0 Å². The normalized spacial score (nSPS) is 11.7. The van der Waals surface area contributed by atoms with Crippen LogP contribution in [0.15, 0.2) is 24.3 Å². The average Bonchev–Trinajstić information content (AvgIpc) is 2.45. The molecule has 0 radical (unpaired) electrons. The lowest BCUT2D eigenvalue weighted by Crippen LogP contribution is -2.43. The minimum atomic E-state index is -3.48. The van der Waals surface area contributed by atoms with Crippen LogP contribution in [0.2, 0.25) is 0 Å². The van der Waals surface area contributed by atoms with E-state index in [0.29, 0.717) is 19.5 Å². The fourth-order valence-corrected chi connectivity index (χ4v) is 2.86. The van der Waals surface area contributed by atoms with Gasteiger partial charge in [0.1, 0.15) is 5.82 Å². The molecule has 0 unspecified atom stereocenters. The maximum atomic E-state index is 12.9. The lowest BCUT2D eigenvalue weighted by atomic mass is 10.1. The average molecular weight is 330 g/mol. The fourth-order valence-electron chi connectivity index (χ4n) is 2.09. The molecule has 0 aliphatic rings. The Hall–Kier alpha value is -1.47. The predicted molar refractivity (Wildman–Crippen MR) is 84.4 cm³/mol. The summed E-state index contributed by atoms with van der Waals surface area (Å²) >= 11 is 0. The number of rotatable bonds is 8. The number of halogens is 1. The van der Waals surface area contributed by atoms with Gasteiger partial charge in [-0.15, -0.1) is 0 Å². The molecule has 0 fully saturated rings. The molecule has 1 rings (SSSR count). The van der Waals surface area contributed by atoms with E-state index in [1.165, 1.54) is 12.1 Å². The maximum absolute atomic E-state index is 12.9. The van der Waals surface area contributed by atoms with Gasteiger partial charge in [-0.25, -0.2) is 12.8 Å². The van der Waals surface area contributed by atoms with Gasteiger partial charge in [-0.05, 0) is 38.0 Å². The van der Waals surface area contributed by atoms with Crippen molar-refractivity contribution in [2.24, 2.45) is 0 Å². The molecule has 0 saturated carbocycles. The molecular weight excluding hydrogens is 307 g/mol. The molecule has 0 aromatic heterocycles. The Labute approximate surface area is 131 Å². The second-order valence-electron chi connectivity index (χ2n) is 5.04. The minimum Gasteiger partial charge on any atom is -0.342 e. The molecule has 1 aromatic carbocycles. The van der Waals surface area contributed by atoms with E-state index in [4.69, 9.17) is 0 Å². The van der Waals surface area contributed by atoms with E-state index in [-0.39, 0.29) is 24.8 Å². The summed E-state index contributed by atoms with van der Waals surface area (Å²) < 4.78 is 37.7. The Bertz CT molecular complexity index is 583. The molecule has 124 valence electrons. The minimum absolute atomic E-state index is 0.165. The van der Waals surface area contributed by atoms with Crippen molar-refractivity contribution < 1.29 is 17.6 Å². The number of likely N-dealkylation sites (N-methyl/N-ethyl adjacent to an activating group) is 1. The van der Waals surface area contributed by atoms with Gasteiger partial charge in [0, 0.05) is 19.6 Å². The summed E-state index contributed by atoms with van der Waals surface area (Å²) in [5.74, 6) is -0.546. The number of hydrogen-bond acceptors (Lipinski definition) is 3. The highest BCUT2D eigenvalue weighted by Crippen LogP contribution is 2.07. The number of hydrogen-bond donors (Lipinski definition) is 0. The van der Waals surface area contributed by atoms with Crippen LogP contribution in [-0.4, -0.2) is 56.0 Å². The molecule has 0 N–H and O–H groups in total. The first-order valence-electron chi connectivity index (χ1n) is 7.25.